The summed E-state index contributed by atoms with van der Waals surface area (Å²) >= 11 is 5.93. The lowest BCUT2D eigenvalue weighted by Gasteiger charge is -2.12. The van der Waals surface area contributed by atoms with Crippen LogP contribution >= 0.6 is 24.0 Å². The number of hydrogen-bond donors (Lipinski definition) is 2. The molecular formula is C11H18Cl2N2. The first kappa shape index (κ1) is 14.7. The molecule has 0 unspecified atom stereocenters. The Balaban J connectivity index is 0.00000196. The van der Waals surface area contributed by atoms with Gasteiger partial charge in [-0.15, -0.1) is 12.4 Å². The Hall–Kier alpha value is -0.280. The Bertz CT molecular complexity index is 303. The fourth-order valence-corrected chi connectivity index (χ4v) is 1.52. The molecule has 0 bridgehead atoms. The molecule has 0 aliphatic rings. The molecule has 1 aromatic carbocycles. The molecule has 1 aromatic rings. The summed E-state index contributed by atoms with van der Waals surface area (Å²) in [5, 5.41) is 0.791. The molecule has 0 aliphatic heterocycles. The number of aryl methyl sites for hydroxylation is 1. The van der Waals surface area contributed by atoms with Gasteiger partial charge in [0.15, 0.2) is 0 Å². The summed E-state index contributed by atoms with van der Waals surface area (Å²) < 4.78 is 0. The van der Waals surface area contributed by atoms with Gasteiger partial charge in [-0.25, -0.2) is 0 Å². The SMILES string of the molecule is Cc1cc([C@H](N)CCCN)ccc1Cl.Cl. The van der Waals surface area contributed by atoms with Crippen molar-refractivity contribution in [3.8, 4) is 0 Å². The van der Waals surface area contributed by atoms with Crippen LogP contribution in [0.1, 0.15) is 30.0 Å². The fraction of sp³-hybridized carbons (Fsp3) is 0.455. The number of nitrogens with two attached hydrogens (primary N) is 2. The van der Waals surface area contributed by atoms with Gasteiger partial charge in [-0.3, -0.25) is 0 Å². The summed E-state index contributed by atoms with van der Waals surface area (Å²) in [6.45, 7) is 2.68. The molecule has 1 atom stereocenters. The lowest BCUT2D eigenvalue weighted by atomic mass is 10.0. The van der Waals surface area contributed by atoms with Crippen LogP contribution in [0.15, 0.2) is 18.2 Å². The minimum atomic E-state index is 0. The molecule has 86 valence electrons. The van der Waals surface area contributed by atoms with Gasteiger partial charge >= 0.3 is 0 Å². The van der Waals surface area contributed by atoms with Crippen molar-refractivity contribution >= 4 is 24.0 Å². The maximum atomic E-state index is 6.00. The van der Waals surface area contributed by atoms with Gasteiger partial charge in [0, 0.05) is 11.1 Å². The fourth-order valence-electron chi connectivity index (χ4n) is 1.40. The van der Waals surface area contributed by atoms with Crippen LogP contribution in [0.5, 0.6) is 0 Å². The third-order valence-electron chi connectivity index (χ3n) is 2.33. The summed E-state index contributed by atoms with van der Waals surface area (Å²) in [5.41, 5.74) is 13.6. The van der Waals surface area contributed by atoms with Crippen molar-refractivity contribution in [1.82, 2.24) is 0 Å². The van der Waals surface area contributed by atoms with Crippen molar-refractivity contribution in [3.05, 3.63) is 34.3 Å². The van der Waals surface area contributed by atoms with Gasteiger partial charge in [0.1, 0.15) is 0 Å². The monoisotopic (exact) mass is 248 g/mol. The molecular weight excluding hydrogens is 231 g/mol. The molecule has 0 aliphatic carbocycles. The van der Waals surface area contributed by atoms with Crippen LogP contribution in [-0.4, -0.2) is 6.54 Å². The predicted octanol–water partition coefficient (Wildman–Crippen LogP) is 2.81. The molecule has 0 saturated carbocycles. The second-order valence-corrected chi connectivity index (χ2v) is 3.95. The van der Waals surface area contributed by atoms with Gasteiger partial charge in [0.25, 0.3) is 0 Å². The van der Waals surface area contributed by atoms with E-state index in [9.17, 15) is 0 Å². The molecule has 0 amide bonds. The zero-order valence-electron chi connectivity index (χ0n) is 8.87. The Morgan fingerprint density at radius 1 is 1.40 bits per heavy atom. The molecule has 0 fully saturated rings. The standard InChI is InChI=1S/C11H17ClN2.ClH/c1-8-7-9(4-5-10(8)12)11(14)3-2-6-13;/h4-5,7,11H,2-3,6,13-14H2,1H3;1H/t11-;/m1./s1. The van der Waals surface area contributed by atoms with E-state index in [1.165, 1.54) is 0 Å². The maximum Gasteiger partial charge on any atom is 0.0435 e. The lowest BCUT2D eigenvalue weighted by Crippen LogP contribution is -2.12. The number of halogens is 2. The van der Waals surface area contributed by atoms with Gasteiger partial charge in [-0.2, -0.15) is 0 Å². The summed E-state index contributed by atoms with van der Waals surface area (Å²) in [4.78, 5) is 0. The highest BCUT2D eigenvalue weighted by Gasteiger charge is 2.06. The average Bonchev–Trinajstić information content (AvgIpc) is 2.18. The minimum absolute atomic E-state index is 0. The van der Waals surface area contributed by atoms with E-state index in [0.717, 1.165) is 29.0 Å². The number of rotatable bonds is 4. The number of benzene rings is 1. The Morgan fingerprint density at radius 2 is 2.07 bits per heavy atom. The van der Waals surface area contributed by atoms with Crippen LogP contribution in [0, 0.1) is 6.92 Å². The molecule has 0 heterocycles. The highest BCUT2D eigenvalue weighted by atomic mass is 35.5. The molecule has 4 heteroatoms. The summed E-state index contributed by atoms with van der Waals surface area (Å²) in [7, 11) is 0. The first-order valence-corrected chi connectivity index (χ1v) is 5.24. The van der Waals surface area contributed by atoms with Gasteiger partial charge in [0.2, 0.25) is 0 Å². The summed E-state index contributed by atoms with van der Waals surface area (Å²) in [6.07, 6.45) is 1.89. The van der Waals surface area contributed by atoms with E-state index in [2.05, 4.69) is 0 Å². The molecule has 0 aromatic heterocycles. The molecule has 2 nitrogen and oxygen atoms in total. The highest BCUT2D eigenvalue weighted by Crippen LogP contribution is 2.21. The molecule has 0 saturated heterocycles. The zero-order chi connectivity index (χ0) is 10.6. The second kappa shape index (κ2) is 7.07. The summed E-state index contributed by atoms with van der Waals surface area (Å²) in [6, 6.07) is 6.00. The quantitative estimate of drug-likeness (QED) is 0.862. The Kier molecular flexibility index (Phi) is 6.94. The van der Waals surface area contributed by atoms with E-state index in [4.69, 9.17) is 23.1 Å². The van der Waals surface area contributed by atoms with Gasteiger partial charge in [-0.1, -0.05) is 23.7 Å². The predicted molar refractivity (Wildman–Crippen MR) is 68.7 cm³/mol. The van der Waals surface area contributed by atoms with Crippen molar-refractivity contribution in [2.75, 3.05) is 6.54 Å². The highest BCUT2D eigenvalue weighted by molar-refractivity contribution is 6.31. The van der Waals surface area contributed by atoms with Crippen molar-refractivity contribution < 1.29 is 0 Å². The topological polar surface area (TPSA) is 52.0 Å². The minimum Gasteiger partial charge on any atom is -0.330 e. The van der Waals surface area contributed by atoms with E-state index in [0.29, 0.717) is 6.54 Å². The van der Waals surface area contributed by atoms with Gasteiger partial charge < -0.3 is 11.5 Å². The average molecular weight is 249 g/mol. The smallest absolute Gasteiger partial charge is 0.0435 e. The van der Waals surface area contributed by atoms with Gasteiger partial charge in [-0.05, 0) is 43.5 Å². The molecule has 0 spiro atoms. The van der Waals surface area contributed by atoms with E-state index < -0.39 is 0 Å². The lowest BCUT2D eigenvalue weighted by molar-refractivity contribution is 0.617. The summed E-state index contributed by atoms with van der Waals surface area (Å²) in [5.74, 6) is 0. The van der Waals surface area contributed by atoms with E-state index in [1.807, 2.05) is 25.1 Å². The van der Waals surface area contributed by atoms with Crippen LogP contribution in [0.2, 0.25) is 5.02 Å². The largest absolute Gasteiger partial charge is 0.330 e. The van der Waals surface area contributed by atoms with Crippen molar-refractivity contribution in [1.29, 1.82) is 0 Å². The van der Waals surface area contributed by atoms with E-state index in [-0.39, 0.29) is 18.4 Å². The van der Waals surface area contributed by atoms with Crippen LogP contribution in [-0.2, 0) is 0 Å². The second-order valence-electron chi connectivity index (χ2n) is 3.55. The molecule has 0 radical (unpaired) electrons. The van der Waals surface area contributed by atoms with Crippen LogP contribution in [0.4, 0.5) is 0 Å². The van der Waals surface area contributed by atoms with Crippen molar-refractivity contribution in [3.63, 3.8) is 0 Å². The van der Waals surface area contributed by atoms with Crippen molar-refractivity contribution in [2.45, 2.75) is 25.8 Å². The van der Waals surface area contributed by atoms with Crippen molar-refractivity contribution in [2.24, 2.45) is 11.5 Å². The van der Waals surface area contributed by atoms with E-state index in [1.54, 1.807) is 0 Å². The molecule has 4 N–H and O–H groups in total. The molecule has 15 heavy (non-hydrogen) atoms. The Labute approximate surface area is 102 Å². The maximum absolute atomic E-state index is 6.00. The van der Waals surface area contributed by atoms with Crippen LogP contribution in [0.25, 0.3) is 0 Å². The first-order valence-electron chi connectivity index (χ1n) is 4.87. The molecule has 1 rings (SSSR count). The zero-order valence-corrected chi connectivity index (χ0v) is 10.4. The van der Waals surface area contributed by atoms with Gasteiger partial charge in [0.05, 0.1) is 0 Å². The van der Waals surface area contributed by atoms with Crippen LogP contribution < -0.4 is 11.5 Å². The number of hydrogen-bond acceptors (Lipinski definition) is 2. The van der Waals surface area contributed by atoms with Crippen LogP contribution in [0.3, 0.4) is 0 Å². The Morgan fingerprint density at radius 3 is 2.60 bits per heavy atom. The van der Waals surface area contributed by atoms with E-state index >= 15 is 0 Å². The third kappa shape index (κ3) is 4.39. The normalized spacial score (nSPS) is 12.0. The third-order valence-corrected chi connectivity index (χ3v) is 2.75. The first-order chi connectivity index (χ1) is 6.65.